The van der Waals surface area contributed by atoms with Crippen molar-refractivity contribution in [3.63, 3.8) is 0 Å². The van der Waals surface area contributed by atoms with Gasteiger partial charge in [-0.2, -0.15) is 0 Å². The smallest absolute Gasteiger partial charge is 0.347 e. The summed E-state index contributed by atoms with van der Waals surface area (Å²) in [5.41, 5.74) is 1.45. The lowest BCUT2D eigenvalue weighted by molar-refractivity contribution is -0.152. The van der Waals surface area contributed by atoms with E-state index < -0.39 is 17.2 Å². The summed E-state index contributed by atoms with van der Waals surface area (Å²) in [6.07, 6.45) is 6.57. The van der Waals surface area contributed by atoms with Crippen LogP contribution >= 0.6 is 11.6 Å². The van der Waals surface area contributed by atoms with Gasteiger partial charge in [-0.05, 0) is 80.6 Å². The van der Waals surface area contributed by atoms with E-state index in [1.165, 1.54) is 13.8 Å². The van der Waals surface area contributed by atoms with Crippen LogP contribution in [0.1, 0.15) is 49.8 Å². The predicted octanol–water partition coefficient (Wildman–Crippen LogP) is 6.08. The van der Waals surface area contributed by atoms with Crippen LogP contribution in [0, 0.1) is 0 Å². The van der Waals surface area contributed by atoms with Gasteiger partial charge in [-0.15, -0.1) is 0 Å². The second kappa shape index (κ2) is 11.0. The average molecular weight is 549 g/mol. The second-order valence-electron chi connectivity index (χ2n) is 10.7. The third-order valence-electron chi connectivity index (χ3n) is 7.56. The number of pyridine rings is 1. The minimum absolute atomic E-state index is 0.483. The number of rotatable bonds is 7. The molecule has 0 spiro atoms. The van der Waals surface area contributed by atoms with Gasteiger partial charge in [0.2, 0.25) is 5.88 Å². The largest absolute Gasteiger partial charge is 0.478 e. The maximum Gasteiger partial charge on any atom is 0.347 e. The number of aliphatic carboxylic acids is 1. The van der Waals surface area contributed by atoms with Gasteiger partial charge in [0.1, 0.15) is 11.5 Å². The molecule has 7 nitrogen and oxygen atoms in total. The number of carboxylic acids is 1. The normalized spacial score (nSPS) is 18.0. The van der Waals surface area contributed by atoms with E-state index in [0.29, 0.717) is 41.7 Å². The number of carboxylic acid groups (broad SMARTS) is 1. The second-order valence-corrected chi connectivity index (χ2v) is 11.1. The van der Waals surface area contributed by atoms with Crippen LogP contribution < -0.4 is 9.47 Å². The number of piperidine rings is 1. The Morgan fingerprint density at radius 2 is 1.90 bits per heavy atom. The minimum Gasteiger partial charge on any atom is -0.478 e. The number of hydrogen-bond donors (Lipinski definition) is 2. The molecule has 0 atom stereocenters. The molecule has 0 saturated carbocycles. The van der Waals surface area contributed by atoms with E-state index in [1.807, 2.05) is 42.5 Å². The number of allylic oxidation sites excluding steroid dienone is 1. The molecule has 3 heterocycles. The van der Waals surface area contributed by atoms with Crippen LogP contribution in [-0.4, -0.2) is 51.3 Å². The van der Waals surface area contributed by atoms with Gasteiger partial charge in [0.05, 0.1) is 5.60 Å². The molecule has 3 aromatic rings. The third-order valence-corrected chi connectivity index (χ3v) is 7.81. The van der Waals surface area contributed by atoms with Crippen LogP contribution in [-0.2, 0) is 16.8 Å². The summed E-state index contributed by atoms with van der Waals surface area (Å²) in [5, 5.41) is 21.5. The lowest BCUT2D eigenvalue weighted by Gasteiger charge is -2.38. The topological polar surface area (TPSA) is 92.1 Å². The Kier molecular flexibility index (Phi) is 7.67. The molecule has 1 fully saturated rings. The summed E-state index contributed by atoms with van der Waals surface area (Å²) < 4.78 is 12.2. The van der Waals surface area contributed by atoms with Gasteiger partial charge in [-0.1, -0.05) is 35.9 Å². The highest BCUT2D eigenvalue weighted by molar-refractivity contribution is 6.30. The van der Waals surface area contributed by atoms with Gasteiger partial charge in [0.25, 0.3) is 0 Å². The van der Waals surface area contributed by atoms with Crippen molar-refractivity contribution < 1.29 is 24.5 Å². The maximum atomic E-state index is 11.7. The van der Waals surface area contributed by atoms with Crippen LogP contribution in [0.3, 0.4) is 0 Å². The molecule has 1 aromatic heterocycles. The van der Waals surface area contributed by atoms with Gasteiger partial charge in [0, 0.05) is 48.4 Å². The molecule has 8 heteroatoms. The molecule has 0 aliphatic carbocycles. The molecule has 2 aromatic carbocycles. The molecule has 204 valence electrons. The SMILES string of the molecule is CC(C)(Oc1cccc2c1C/C(=C/CCN1CCC(O)(c3ccc(Cl)cc3)CC1)c1cccnc1O2)C(=O)O. The highest BCUT2D eigenvalue weighted by atomic mass is 35.5. The van der Waals surface area contributed by atoms with Crippen molar-refractivity contribution in [2.75, 3.05) is 19.6 Å². The molecule has 0 radical (unpaired) electrons. The Balaban J connectivity index is 1.32. The Morgan fingerprint density at radius 3 is 2.62 bits per heavy atom. The molecular weight excluding hydrogens is 516 g/mol. The van der Waals surface area contributed by atoms with Gasteiger partial charge in [0.15, 0.2) is 5.60 Å². The van der Waals surface area contributed by atoms with Gasteiger partial charge >= 0.3 is 5.97 Å². The summed E-state index contributed by atoms with van der Waals surface area (Å²) in [6, 6.07) is 16.8. The van der Waals surface area contributed by atoms with Crippen LogP contribution in [0.25, 0.3) is 5.57 Å². The fraction of sp³-hybridized carbons (Fsp3) is 0.355. The Bertz CT molecular complexity index is 1380. The molecule has 0 unspecified atom stereocenters. The van der Waals surface area contributed by atoms with E-state index in [9.17, 15) is 15.0 Å². The van der Waals surface area contributed by atoms with Crippen LogP contribution in [0.2, 0.25) is 5.02 Å². The van der Waals surface area contributed by atoms with E-state index in [0.717, 1.165) is 48.3 Å². The fourth-order valence-corrected chi connectivity index (χ4v) is 5.26. The van der Waals surface area contributed by atoms with Gasteiger partial charge < -0.3 is 24.6 Å². The van der Waals surface area contributed by atoms with E-state index in [1.54, 1.807) is 18.3 Å². The van der Waals surface area contributed by atoms with Gasteiger partial charge in [-0.3, -0.25) is 0 Å². The van der Waals surface area contributed by atoms with Crippen molar-refractivity contribution in [3.05, 3.63) is 88.6 Å². The van der Waals surface area contributed by atoms with Crippen LogP contribution in [0.15, 0.2) is 66.9 Å². The van der Waals surface area contributed by atoms with Crippen molar-refractivity contribution in [1.82, 2.24) is 9.88 Å². The number of ether oxygens (including phenoxy) is 2. The summed E-state index contributed by atoms with van der Waals surface area (Å²) in [5.74, 6) is 0.564. The Morgan fingerprint density at radius 1 is 1.15 bits per heavy atom. The molecule has 0 amide bonds. The minimum atomic E-state index is -1.39. The lowest BCUT2D eigenvalue weighted by atomic mass is 9.84. The first-order chi connectivity index (χ1) is 18.6. The zero-order valence-corrected chi connectivity index (χ0v) is 22.9. The summed E-state index contributed by atoms with van der Waals surface area (Å²) in [7, 11) is 0. The molecule has 1 saturated heterocycles. The summed E-state index contributed by atoms with van der Waals surface area (Å²) in [4.78, 5) is 18.6. The molecule has 5 rings (SSSR count). The lowest BCUT2D eigenvalue weighted by Crippen LogP contribution is -2.42. The van der Waals surface area contributed by atoms with E-state index in [2.05, 4.69) is 16.0 Å². The third kappa shape index (κ3) is 5.96. The zero-order chi connectivity index (χ0) is 27.6. The predicted molar refractivity (Wildman–Crippen MR) is 150 cm³/mol. The number of halogens is 1. The van der Waals surface area contributed by atoms with E-state index >= 15 is 0 Å². The summed E-state index contributed by atoms with van der Waals surface area (Å²) in [6.45, 7) is 5.52. The van der Waals surface area contributed by atoms with Crippen LogP contribution in [0.4, 0.5) is 0 Å². The highest BCUT2D eigenvalue weighted by Crippen LogP contribution is 2.42. The van der Waals surface area contributed by atoms with Crippen molar-refractivity contribution in [1.29, 1.82) is 0 Å². The number of nitrogens with zero attached hydrogens (tertiary/aromatic N) is 2. The average Bonchev–Trinajstić information content (AvgIpc) is 3.07. The zero-order valence-electron chi connectivity index (χ0n) is 22.2. The van der Waals surface area contributed by atoms with Gasteiger partial charge in [-0.25, -0.2) is 9.78 Å². The number of aliphatic hydroxyl groups is 1. The monoisotopic (exact) mass is 548 g/mol. The highest BCUT2D eigenvalue weighted by Gasteiger charge is 2.34. The first-order valence-corrected chi connectivity index (χ1v) is 13.6. The Hall–Kier alpha value is -3.39. The summed E-state index contributed by atoms with van der Waals surface area (Å²) >= 11 is 6.02. The number of carbonyl (C=O) groups is 1. The number of hydrogen-bond acceptors (Lipinski definition) is 6. The molecular formula is C31H33ClN2O5. The molecule has 0 bridgehead atoms. The van der Waals surface area contributed by atoms with Crippen LogP contribution in [0.5, 0.6) is 17.4 Å². The van der Waals surface area contributed by atoms with Crippen molar-refractivity contribution in [3.8, 4) is 17.4 Å². The molecule has 39 heavy (non-hydrogen) atoms. The number of aromatic nitrogens is 1. The standard InChI is InChI=1S/C31H33ClN2O5/c1-30(2,29(35)36)39-27-9-3-8-26-25(27)20-21(24-7-4-16-33-28(24)38-26)6-5-17-34-18-14-31(37,15-19-34)22-10-12-23(32)13-11-22/h3-4,6-13,16,37H,5,14-15,17-20H2,1-2H3,(H,35,36)/b21-6-. The van der Waals surface area contributed by atoms with E-state index in [4.69, 9.17) is 21.1 Å². The van der Waals surface area contributed by atoms with Crippen molar-refractivity contribution >= 4 is 23.1 Å². The molecule has 2 N–H and O–H groups in total. The maximum absolute atomic E-state index is 11.7. The van der Waals surface area contributed by atoms with E-state index in [-0.39, 0.29) is 0 Å². The first kappa shape index (κ1) is 27.2. The quantitative estimate of drug-likeness (QED) is 0.369. The Labute approximate surface area is 233 Å². The number of benzene rings is 2. The number of likely N-dealkylation sites (tertiary alicyclic amines) is 1. The van der Waals surface area contributed by atoms with Crippen molar-refractivity contribution in [2.45, 2.75) is 50.7 Å². The first-order valence-electron chi connectivity index (χ1n) is 13.2. The molecule has 2 aliphatic rings. The van der Waals surface area contributed by atoms with Crippen molar-refractivity contribution in [2.24, 2.45) is 0 Å². The fourth-order valence-electron chi connectivity index (χ4n) is 5.13. The number of fused-ring (bicyclic) bond motifs is 2. The molecule has 2 aliphatic heterocycles.